The molecule has 10 heteroatoms. The second-order valence-corrected chi connectivity index (χ2v) is 9.26. The predicted molar refractivity (Wildman–Crippen MR) is 124 cm³/mol. The smallest absolute Gasteiger partial charge is 0.401 e. The Morgan fingerprint density at radius 3 is 2.63 bits per heavy atom. The summed E-state index contributed by atoms with van der Waals surface area (Å²) >= 11 is 0. The second-order valence-electron chi connectivity index (χ2n) is 9.26. The molecule has 0 saturated carbocycles. The summed E-state index contributed by atoms with van der Waals surface area (Å²) in [6.45, 7) is 2.74. The second kappa shape index (κ2) is 10.5. The number of fused-ring (bicyclic) bond motifs is 1. The number of carbonyl (C=O) groups excluding carboxylic acids is 1. The van der Waals surface area contributed by atoms with Crippen molar-refractivity contribution >= 4 is 11.7 Å². The number of carbonyl (C=O) groups is 1. The number of ether oxygens (including phenoxy) is 1. The van der Waals surface area contributed by atoms with Gasteiger partial charge in [-0.05, 0) is 55.2 Å². The van der Waals surface area contributed by atoms with Crippen LogP contribution >= 0.6 is 0 Å². The number of anilines is 1. The van der Waals surface area contributed by atoms with Crippen molar-refractivity contribution in [2.24, 2.45) is 0 Å². The fourth-order valence-corrected chi connectivity index (χ4v) is 4.96. The van der Waals surface area contributed by atoms with E-state index in [0.29, 0.717) is 29.7 Å². The maximum Gasteiger partial charge on any atom is 0.401 e. The highest BCUT2D eigenvalue weighted by Crippen LogP contribution is 2.39. The molecule has 6 nitrogen and oxygen atoms in total. The molecule has 3 heterocycles. The number of benzene rings is 1. The number of alkyl halides is 4. The Bertz CT molecular complexity index is 1030. The number of nitrogens with zero attached hydrogens (tertiary/aromatic N) is 3. The Morgan fingerprint density at radius 1 is 1.23 bits per heavy atom. The lowest BCUT2D eigenvalue weighted by molar-refractivity contribution is -0.155. The van der Waals surface area contributed by atoms with Crippen LogP contribution in [0.3, 0.4) is 0 Å². The van der Waals surface area contributed by atoms with E-state index in [1.165, 1.54) is 12.0 Å². The van der Waals surface area contributed by atoms with Gasteiger partial charge in [0.05, 0.1) is 55.6 Å². The van der Waals surface area contributed by atoms with Crippen LogP contribution in [0.15, 0.2) is 36.5 Å². The first-order valence-electron chi connectivity index (χ1n) is 11.7. The number of rotatable bonds is 8. The highest BCUT2D eigenvalue weighted by molar-refractivity contribution is 5.89. The third-order valence-electron chi connectivity index (χ3n) is 6.64. The Hall–Kier alpha value is -2.72. The number of aromatic nitrogens is 1. The maximum atomic E-state index is 13.5. The number of nitrogens with one attached hydrogen (secondary N) is 1. The van der Waals surface area contributed by atoms with Crippen LogP contribution in [0.1, 0.15) is 46.6 Å². The van der Waals surface area contributed by atoms with Gasteiger partial charge in [0.1, 0.15) is 0 Å². The van der Waals surface area contributed by atoms with Crippen molar-refractivity contribution in [1.29, 1.82) is 0 Å². The van der Waals surface area contributed by atoms with Gasteiger partial charge in [0.15, 0.2) is 0 Å². The molecule has 0 amide bonds. The molecule has 1 unspecified atom stereocenters. The number of methoxy groups -OCH3 is 1. The molecule has 1 aromatic carbocycles. The summed E-state index contributed by atoms with van der Waals surface area (Å²) in [6.07, 6.45) is -1.81. The highest BCUT2D eigenvalue weighted by Gasteiger charge is 2.41. The van der Waals surface area contributed by atoms with Crippen LogP contribution in [0.2, 0.25) is 0 Å². The standard InChI is InChI=1S/C25H30F4N4O2/c1-16-10-18-11-17(24(34)35-2)4-6-21(18)23(33(16)15-25(27,28)29)22-7-5-19(12-30-22)31-20-13-32(14-20)9-3-8-26/h4-7,11-12,16,20,23,31H,3,8-10,13-15H2,1-2H3/t16-,23?/m1/s1. The van der Waals surface area contributed by atoms with Gasteiger partial charge in [-0.3, -0.25) is 19.2 Å². The zero-order valence-corrected chi connectivity index (χ0v) is 19.8. The molecule has 2 aliphatic heterocycles. The van der Waals surface area contributed by atoms with Crippen LogP contribution in [-0.2, 0) is 11.2 Å². The first kappa shape index (κ1) is 25.4. The van der Waals surface area contributed by atoms with Crippen molar-refractivity contribution < 1.29 is 27.1 Å². The number of likely N-dealkylation sites (tertiary alicyclic amines) is 1. The molecule has 0 aliphatic carbocycles. The van der Waals surface area contributed by atoms with E-state index >= 15 is 0 Å². The zero-order valence-electron chi connectivity index (χ0n) is 19.8. The van der Waals surface area contributed by atoms with Crippen LogP contribution in [0.4, 0.5) is 23.2 Å². The van der Waals surface area contributed by atoms with E-state index in [1.807, 2.05) is 6.07 Å². The van der Waals surface area contributed by atoms with Crippen molar-refractivity contribution in [3.8, 4) is 0 Å². The van der Waals surface area contributed by atoms with Crippen LogP contribution in [0, 0.1) is 0 Å². The van der Waals surface area contributed by atoms with E-state index in [-0.39, 0.29) is 12.7 Å². The van der Waals surface area contributed by atoms with Crippen molar-refractivity contribution in [2.45, 2.75) is 44.1 Å². The van der Waals surface area contributed by atoms with Crippen molar-refractivity contribution in [1.82, 2.24) is 14.8 Å². The van der Waals surface area contributed by atoms with E-state index < -0.39 is 30.8 Å². The highest BCUT2D eigenvalue weighted by atomic mass is 19.4. The third kappa shape index (κ3) is 5.92. The average Bonchev–Trinajstić information content (AvgIpc) is 2.80. The molecule has 1 saturated heterocycles. The Kier molecular flexibility index (Phi) is 7.61. The molecule has 2 atom stereocenters. The summed E-state index contributed by atoms with van der Waals surface area (Å²) in [4.78, 5) is 20.1. The fourth-order valence-electron chi connectivity index (χ4n) is 4.96. The van der Waals surface area contributed by atoms with Gasteiger partial charge in [-0.2, -0.15) is 13.2 Å². The van der Waals surface area contributed by atoms with Crippen molar-refractivity contribution in [3.05, 3.63) is 58.9 Å². The van der Waals surface area contributed by atoms with E-state index in [0.717, 1.165) is 30.9 Å². The van der Waals surface area contributed by atoms with Gasteiger partial charge in [0, 0.05) is 25.7 Å². The Balaban J connectivity index is 1.57. The molecule has 1 N–H and O–H groups in total. The van der Waals surface area contributed by atoms with E-state index in [1.54, 1.807) is 37.4 Å². The topological polar surface area (TPSA) is 57.7 Å². The van der Waals surface area contributed by atoms with Crippen LogP contribution in [0.5, 0.6) is 0 Å². The van der Waals surface area contributed by atoms with E-state index in [9.17, 15) is 22.4 Å². The van der Waals surface area contributed by atoms with Gasteiger partial charge < -0.3 is 10.1 Å². The van der Waals surface area contributed by atoms with Crippen molar-refractivity contribution in [2.75, 3.05) is 45.3 Å². The average molecular weight is 495 g/mol. The molecule has 0 bridgehead atoms. The minimum absolute atomic E-state index is 0.233. The van der Waals surface area contributed by atoms with Gasteiger partial charge in [0.2, 0.25) is 0 Å². The molecule has 35 heavy (non-hydrogen) atoms. The minimum atomic E-state index is -4.37. The van der Waals surface area contributed by atoms with Gasteiger partial charge >= 0.3 is 12.1 Å². The summed E-state index contributed by atoms with van der Waals surface area (Å²) in [5.74, 6) is -0.484. The number of halogens is 4. The van der Waals surface area contributed by atoms with Crippen LogP contribution < -0.4 is 5.32 Å². The monoisotopic (exact) mass is 494 g/mol. The summed E-state index contributed by atoms with van der Waals surface area (Å²) in [7, 11) is 1.29. The number of hydrogen-bond donors (Lipinski definition) is 1. The molecular weight excluding hydrogens is 464 g/mol. The molecule has 0 spiro atoms. The van der Waals surface area contributed by atoms with Gasteiger partial charge in [-0.1, -0.05) is 6.07 Å². The van der Waals surface area contributed by atoms with E-state index in [2.05, 4.69) is 15.2 Å². The Morgan fingerprint density at radius 2 is 2.00 bits per heavy atom. The lowest BCUT2D eigenvalue weighted by Crippen LogP contribution is -2.54. The third-order valence-corrected chi connectivity index (χ3v) is 6.64. The van der Waals surface area contributed by atoms with Gasteiger partial charge in [0.25, 0.3) is 0 Å². The molecule has 2 aromatic rings. The Labute approximate surface area is 202 Å². The first-order chi connectivity index (χ1) is 16.7. The molecular formula is C25H30F4N4O2. The maximum absolute atomic E-state index is 13.5. The zero-order chi connectivity index (χ0) is 25.2. The van der Waals surface area contributed by atoms with Gasteiger partial charge in [-0.25, -0.2) is 4.79 Å². The normalized spacial score (nSPS) is 21.3. The first-order valence-corrected chi connectivity index (χ1v) is 11.7. The SMILES string of the molecule is COC(=O)c1ccc2c(c1)C[C@@H](C)N(CC(F)(F)F)C2c1ccc(NC2CN(CCCF)C2)cn1. The number of pyridine rings is 1. The molecule has 1 fully saturated rings. The lowest BCUT2D eigenvalue weighted by atomic mass is 9.85. The molecule has 1 aromatic heterocycles. The fraction of sp³-hybridized carbons (Fsp3) is 0.520. The lowest BCUT2D eigenvalue weighted by Gasteiger charge is -2.42. The summed E-state index contributed by atoms with van der Waals surface area (Å²) in [6, 6.07) is 7.71. The summed E-state index contributed by atoms with van der Waals surface area (Å²) in [5, 5.41) is 3.38. The van der Waals surface area contributed by atoms with Crippen molar-refractivity contribution in [3.63, 3.8) is 0 Å². The largest absolute Gasteiger partial charge is 0.465 e. The summed E-state index contributed by atoms with van der Waals surface area (Å²) < 4.78 is 57.6. The minimum Gasteiger partial charge on any atom is -0.465 e. The molecule has 4 rings (SSSR count). The molecule has 190 valence electrons. The van der Waals surface area contributed by atoms with Gasteiger partial charge in [-0.15, -0.1) is 0 Å². The van der Waals surface area contributed by atoms with Crippen LogP contribution in [-0.4, -0.2) is 79.0 Å². The predicted octanol–water partition coefficient (Wildman–Crippen LogP) is 4.22. The van der Waals surface area contributed by atoms with Crippen LogP contribution in [0.25, 0.3) is 0 Å². The number of esters is 1. The molecule has 0 radical (unpaired) electrons. The summed E-state index contributed by atoms with van der Waals surface area (Å²) in [5.41, 5.74) is 3.19. The molecule has 2 aliphatic rings. The number of hydrogen-bond acceptors (Lipinski definition) is 6. The van der Waals surface area contributed by atoms with E-state index in [4.69, 9.17) is 4.74 Å². The quantitative estimate of drug-likeness (QED) is 0.438.